The third-order valence-electron chi connectivity index (χ3n) is 6.60. The first kappa shape index (κ1) is 26.4. The highest BCUT2D eigenvalue weighted by molar-refractivity contribution is 5.60. The van der Waals surface area contributed by atoms with Crippen LogP contribution in [0.4, 0.5) is 0 Å². The fourth-order valence-electron chi connectivity index (χ4n) is 4.11. The van der Waals surface area contributed by atoms with Crippen molar-refractivity contribution < 1.29 is 4.74 Å². The predicted molar refractivity (Wildman–Crippen MR) is 139 cm³/mol. The van der Waals surface area contributed by atoms with Gasteiger partial charge in [0, 0.05) is 11.8 Å². The maximum atomic E-state index is 5.89. The molecule has 0 spiro atoms. The van der Waals surface area contributed by atoms with Crippen LogP contribution in [0.25, 0.3) is 11.3 Å². The zero-order valence-corrected chi connectivity index (χ0v) is 21.1. The molecule has 0 N–H and O–H groups in total. The van der Waals surface area contributed by atoms with Gasteiger partial charge in [-0.1, -0.05) is 91.0 Å². The normalized spacial score (nSPS) is 12.1. The fourth-order valence-corrected chi connectivity index (χ4v) is 4.11. The van der Waals surface area contributed by atoms with Gasteiger partial charge >= 0.3 is 0 Å². The molecule has 1 atom stereocenters. The van der Waals surface area contributed by atoms with Crippen LogP contribution >= 0.6 is 0 Å². The van der Waals surface area contributed by atoms with Gasteiger partial charge in [0.1, 0.15) is 5.75 Å². The monoisotopic (exact) mass is 437 g/mol. The molecule has 1 heterocycles. The van der Waals surface area contributed by atoms with E-state index in [1.165, 1.54) is 82.6 Å². The van der Waals surface area contributed by atoms with Crippen molar-refractivity contribution in [2.24, 2.45) is 5.92 Å². The SMILES string of the molecule is CCCCCCCCCCCCc1ccc(-c2ccc(OCCCC(C)CC)cc2)nc1. The lowest BCUT2D eigenvalue weighted by atomic mass is 10.0. The summed E-state index contributed by atoms with van der Waals surface area (Å²) in [6.07, 6.45) is 20.7. The number of rotatable bonds is 18. The van der Waals surface area contributed by atoms with E-state index in [-0.39, 0.29) is 0 Å². The number of pyridine rings is 1. The first-order valence-electron chi connectivity index (χ1n) is 13.4. The Kier molecular flexibility index (Phi) is 13.8. The third kappa shape index (κ3) is 11.2. The molecule has 2 nitrogen and oxygen atoms in total. The molecule has 0 aliphatic heterocycles. The van der Waals surface area contributed by atoms with Gasteiger partial charge in [-0.3, -0.25) is 4.98 Å². The van der Waals surface area contributed by atoms with Gasteiger partial charge in [0.15, 0.2) is 0 Å². The highest BCUT2D eigenvalue weighted by Gasteiger charge is 2.03. The lowest BCUT2D eigenvalue weighted by Crippen LogP contribution is -2.00. The number of aryl methyl sites for hydroxylation is 1. The lowest BCUT2D eigenvalue weighted by molar-refractivity contribution is 0.294. The Bertz CT molecular complexity index is 692. The molecule has 2 heteroatoms. The minimum absolute atomic E-state index is 0.792. The van der Waals surface area contributed by atoms with Gasteiger partial charge in [-0.15, -0.1) is 0 Å². The molecule has 1 aromatic heterocycles. The first-order valence-corrected chi connectivity index (χ1v) is 13.4. The topological polar surface area (TPSA) is 22.1 Å². The van der Waals surface area contributed by atoms with Crippen LogP contribution in [0.3, 0.4) is 0 Å². The number of nitrogens with zero attached hydrogens (tertiary/aromatic N) is 1. The summed E-state index contributed by atoms with van der Waals surface area (Å²) in [6, 6.07) is 12.8. The highest BCUT2D eigenvalue weighted by Crippen LogP contribution is 2.22. The Morgan fingerprint density at radius 1 is 0.750 bits per heavy atom. The summed E-state index contributed by atoms with van der Waals surface area (Å²) in [5, 5.41) is 0. The average molecular weight is 438 g/mol. The predicted octanol–water partition coefficient (Wildman–Crippen LogP) is 9.42. The Hall–Kier alpha value is -1.83. The molecular weight excluding hydrogens is 390 g/mol. The Morgan fingerprint density at radius 2 is 1.41 bits per heavy atom. The van der Waals surface area contributed by atoms with Crippen LogP contribution < -0.4 is 4.74 Å². The molecule has 0 amide bonds. The van der Waals surface area contributed by atoms with Crippen LogP contribution in [0.15, 0.2) is 42.6 Å². The summed E-state index contributed by atoms with van der Waals surface area (Å²) >= 11 is 0. The smallest absolute Gasteiger partial charge is 0.119 e. The van der Waals surface area contributed by atoms with Crippen LogP contribution in [-0.2, 0) is 6.42 Å². The van der Waals surface area contributed by atoms with E-state index in [9.17, 15) is 0 Å². The van der Waals surface area contributed by atoms with Gasteiger partial charge in [-0.2, -0.15) is 0 Å². The number of aromatic nitrogens is 1. The third-order valence-corrected chi connectivity index (χ3v) is 6.60. The molecule has 178 valence electrons. The number of benzene rings is 1. The minimum atomic E-state index is 0.792. The van der Waals surface area contributed by atoms with Gasteiger partial charge in [-0.05, 0) is 67.5 Å². The fraction of sp³-hybridized carbons (Fsp3) is 0.633. The van der Waals surface area contributed by atoms with Gasteiger partial charge < -0.3 is 4.74 Å². The second-order valence-corrected chi connectivity index (χ2v) is 9.51. The quantitative estimate of drug-likeness (QED) is 0.217. The van der Waals surface area contributed by atoms with E-state index in [0.29, 0.717) is 0 Å². The van der Waals surface area contributed by atoms with Crippen molar-refractivity contribution in [2.75, 3.05) is 6.61 Å². The van der Waals surface area contributed by atoms with E-state index in [4.69, 9.17) is 9.72 Å². The Balaban J connectivity index is 1.61. The van der Waals surface area contributed by atoms with Crippen LogP contribution in [0, 0.1) is 5.92 Å². The van der Waals surface area contributed by atoms with E-state index >= 15 is 0 Å². The van der Waals surface area contributed by atoms with E-state index in [1.807, 2.05) is 0 Å². The van der Waals surface area contributed by atoms with E-state index in [2.05, 4.69) is 63.4 Å². The van der Waals surface area contributed by atoms with Crippen LogP contribution in [-0.4, -0.2) is 11.6 Å². The summed E-state index contributed by atoms with van der Waals surface area (Å²) in [5.41, 5.74) is 3.55. The maximum absolute atomic E-state index is 5.89. The number of ether oxygens (including phenoxy) is 1. The number of hydrogen-bond acceptors (Lipinski definition) is 2. The molecule has 0 aliphatic carbocycles. The van der Waals surface area contributed by atoms with Crippen LogP contribution in [0.2, 0.25) is 0 Å². The van der Waals surface area contributed by atoms with Crippen molar-refractivity contribution >= 4 is 0 Å². The maximum Gasteiger partial charge on any atom is 0.119 e. The highest BCUT2D eigenvalue weighted by atomic mass is 16.5. The lowest BCUT2D eigenvalue weighted by Gasteiger charge is -2.10. The van der Waals surface area contributed by atoms with Gasteiger partial charge in [0.2, 0.25) is 0 Å². The second-order valence-electron chi connectivity index (χ2n) is 9.51. The van der Waals surface area contributed by atoms with E-state index in [1.54, 1.807) is 0 Å². The average Bonchev–Trinajstić information content (AvgIpc) is 2.83. The molecule has 1 aromatic carbocycles. The van der Waals surface area contributed by atoms with Crippen LogP contribution in [0.1, 0.15) is 110 Å². The van der Waals surface area contributed by atoms with Crippen molar-refractivity contribution in [2.45, 2.75) is 111 Å². The Labute approximate surface area is 198 Å². The van der Waals surface area contributed by atoms with Crippen molar-refractivity contribution in [3.05, 3.63) is 48.2 Å². The summed E-state index contributed by atoms with van der Waals surface area (Å²) in [4.78, 5) is 4.71. The molecule has 0 saturated carbocycles. The Morgan fingerprint density at radius 3 is 2.00 bits per heavy atom. The van der Waals surface area contributed by atoms with Gasteiger partial charge in [0.05, 0.1) is 12.3 Å². The first-order chi connectivity index (χ1) is 15.7. The number of hydrogen-bond donors (Lipinski definition) is 0. The number of unbranched alkanes of at least 4 members (excludes halogenated alkanes) is 9. The summed E-state index contributed by atoms with van der Waals surface area (Å²) in [7, 11) is 0. The molecule has 0 radical (unpaired) electrons. The van der Waals surface area contributed by atoms with Crippen molar-refractivity contribution in [3.63, 3.8) is 0 Å². The summed E-state index contributed by atoms with van der Waals surface area (Å²) in [5.74, 6) is 1.75. The zero-order valence-electron chi connectivity index (χ0n) is 21.1. The summed E-state index contributed by atoms with van der Waals surface area (Å²) < 4.78 is 5.89. The molecule has 2 rings (SSSR count). The second kappa shape index (κ2) is 16.8. The van der Waals surface area contributed by atoms with Crippen molar-refractivity contribution in [1.82, 2.24) is 4.98 Å². The molecule has 0 saturated heterocycles. The molecule has 0 bridgehead atoms. The van der Waals surface area contributed by atoms with Crippen molar-refractivity contribution in [3.8, 4) is 17.0 Å². The summed E-state index contributed by atoms with van der Waals surface area (Å²) in [6.45, 7) is 7.65. The largest absolute Gasteiger partial charge is 0.494 e. The molecular formula is C30H47NO. The minimum Gasteiger partial charge on any atom is -0.494 e. The van der Waals surface area contributed by atoms with Crippen LogP contribution in [0.5, 0.6) is 5.75 Å². The molecule has 32 heavy (non-hydrogen) atoms. The van der Waals surface area contributed by atoms with E-state index in [0.717, 1.165) is 42.4 Å². The van der Waals surface area contributed by atoms with Crippen molar-refractivity contribution in [1.29, 1.82) is 0 Å². The van der Waals surface area contributed by atoms with Gasteiger partial charge in [-0.25, -0.2) is 0 Å². The molecule has 2 aromatic rings. The molecule has 1 unspecified atom stereocenters. The molecule has 0 fully saturated rings. The zero-order chi connectivity index (χ0) is 22.9. The standard InChI is InChI=1S/C30H47NO/c1-4-6-7-8-9-10-11-12-13-14-17-27-18-23-30(31-25-27)28-19-21-29(22-20-28)32-24-15-16-26(3)5-2/h18-23,25-26H,4-17,24H2,1-3H3. The van der Waals surface area contributed by atoms with E-state index < -0.39 is 0 Å². The molecule has 0 aliphatic rings. The van der Waals surface area contributed by atoms with Gasteiger partial charge in [0.25, 0.3) is 0 Å².